The van der Waals surface area contributed by atoms with Crippen LogP contribution in [0.2, 0.25) is 0 Å². The smallest absolute Gasteiger partial charge is 0.404 e. The summed E-state index contributed by atoms with van der Waals surface area (Å²) in [6, 6.07) is 2.50. The number of nitrogens with one attached hydrogen (secondary N) is 3. The van der Waals surface area contributed by atoms with Crippen molar-refractivity contribution in [3.63, 3.8) is 0 Å². The molecule has 0 spiro atoms. The number of aliphatic hydroxyl groups excluding tert-OH is 1. The molecule has 3 fully saturated rings. The van der Waals surface area contributed by atoms with E-state index in [1.807, 2.05) is 0 Å². The van der Waals surface area contributed by atoms with E-state index in [1.165, 1.54) is 24.3 Å². The molecule has 5 amide bonds. The third kappa shape index (κ3) is 9.43. The number of piperidine rings is 1. The van der Waals surface area contributed by atoms with Gasteiger partial charge in [-0.15, -0.1) is 0 Å². The van der Waals surface area contributed by atoms with Gasteiger partial charge in [0, 0.05) is 24.4 Å². The molecule has 14 nitrogen and oxygen atoms in total. The Kier molecular flexibility index (Phi) is 12.2. The summed E-state index contributed by atoms with van der Waals surface area (Å²) in [5.41, 5.74) is 5.57. The molecule has 0 aromatic heterocycles. The number of carboxylic acid groups (broad SMARTS) is 1. The molecule has 1 saturated heterocycles. The zero-order valence-electron chi connectivity index (χ0n) is 26.7. The van der Waals surface area contributed by atoms with E-state index in [-0.39, 0.29) is 47.2 Å². The van der Waals surface area contributed by atoms with Gasteiger partial charge >= 0.3 is 6.09 Å². The number of rotatable bonds is 15. The molecule has 2 saturated carbocycles. The summed E-state index contributed by atoms with van der Waals surface area (Å²) >= 11 is 0. The maximum atomic E-state index is 14.4. The molecule has 7 N–H and O–H groups in total. The van der Waals surface area contributed by atoms with Crippen LogP contribution >= 0.6 is 0 Å². The topological polar surface area (TPSA) is 225 Å². The summed E-state index contributed by atoms with van der Waals surface area (Å²) in [5, 5.41) is 27.2. The van der Waals surface area contributed by atoms with Gasteiger partial charge in [-0.05, 0) is 81.0 Å². The van der Waals surface area contributed by atoms with Crippen LogP contribution in [0.5, 0.6) is 0 Å². The van der Waals surface area contributed by atoms with Gasteiger partial charge in [-0.3, -0.25) is 19.2 Å². The number of carbonyl (C=O) groups excluding carboxylic acids is 4. The minimum Gasteiger partial charge on any atom is -0.465 e. The van der Waals surface area contributed by atoms with Crippen molar-refractivity contribution in [1.82, 2.24) is 20.9 Å². The second-order valence-corrected chi connectivity index (χ2v) is 15.2. The molecule has 47 heavy (non-hydrogen) atoms. The lowest BCUT2D eigenvalue weighted by atomic mass is 9.84. The minimum absolute atomic E-state index is 0.0718. The van der Waals surface area contributed by atoms with Gasteiger partial charge in [-0.1, -0.05) is 32.1 Å². The molecule has 1 aromatic rings. The average molecular weight is 678 g/mol. The second kappa shape index (κ2) is 15.9. The van der Waals surface area contributed by atoms with Crippen LogP contribution in [0, 0.1) is 11.8 Å². The number of likely N-dealkylation sites (tertiary alicyclic amines) is 1. The summed E-state index contributed by atoms with van der Waals surface area (Å²) in [5.74, 6) is -2.34. The number of hydrogen-bond donors (Lipinski definition) is 6. The van der Waals surface area contributed by atoms with E-state index in [9.17, 15) is 37.5 Å². The third-order valence-electron chi connectivity index (χ3n) is 9.77. The molecule has 1 aliphatic heterocycles. The number of aliphatic hydroxyl groups is 1. The highest BCUT2D eigenvalue weighted by Crippen LogP contribution is 2.43. The van der Waals surface area contributed by atoms with E-state index in [0.717, 1.165) is 44.8 Å². The van der Waals surface area contributed by atoms with E-state index in [1.54, 1.807) is 4.90 Å². The van der Waals surface area contributed by atoms with Crippen molar-refractivity contribution in [1.29, 1.82) is 0 Å². The van der Waals surface area contributed by atoms with Crippen molar-refractivity contribution in [2.75, 3.05) is 12.8 Å². The highest BCUT2D eigenvalue weighted by molar-refractivity contribution is 7.90. The Morgan fingerprint density at radius 3 is 2.28 bits per heavy atom. The van der Waals surface area contributed by atoms with Crippen molar-refractivity contribution in [2.24, 2.45) is 17.6 Å². The van der Waals surface area contributed by atoms with Gasteiger partial charge in [0.2, 0.25) is 17.7 Å². The molecule has 6 atom stereocenters. The van der Waals surface area contributed by atoms with Crippen LogP contribution in [0.15, 0.2) is 29.2 Å². The first-order chi connectivity index (χ1) is 22.3. The maximum absolute atomic E-state index is 14.4. The highest BCUT2D eigenvalue weighted by atomic mass is 32.2. The Morgan fingerprint density at radius 1 is 0.979 bits per heavy atom. The number of sulfone groups is 1. The van der Waals surface area contributed by atoms with Crippen molar-refractivity contribution < 1.29 is 42.6 Å². The zero-order chi connectivity index (χ0) is 34.3. The number of unbranched alkanes of at least 4 members (excludes halogenated alkanes) is 1. The van der Waals surface area contributed by atoms with Crippen LogP contribution in [0.25, 0.3) is 0 Å². The number of benzene rings is 1. The molecule has 2 bridgehead atoms. The van der Waals surface area contributed by atoms with Crippen LogP contribution < -0.4 is 21.7 Å². The first-order valence-corrected chi connectivity index (χ1v) is 18.3. The fourth-order valence-electron chi connectivity index (χ4n) is 7.36. The lowest BCUT2D eigenvalue weighted by molar-refractivity contribution is -0.145. The van der Waals surface area contributed by atoms with Gasteiger partial charge < -0.3 is 36.8 Å². The van der Waals surface area contributed by atoms with Crippen molar-refractivity contribution in [2.45, 2.75) is 112 Å². The Morgan fingerprint density at radius 2 is 1.66 bits per heavy atom. The van der Waals surface area contributed by atoms with Crippen LogP contribution in [0.4, 0.5) is 4.79 Å². The molecule has 260 valence electrons. The molecule has 2 aliphatic carbocycles. The summed E-state index contributed by atoms with van der Waals surface area (Å²) in [4.78, 5) is 65.9. The summed E-state index contributed by atoms with van der Waals surface area (Å²) in [6.45, 7) is 0.160. The lowest BCUT2D eigenvalue weighted by Gasteiger charge is -2.38. The van der Waals surface area contributed by atoms with E-state index in [4.69, 9.17) is 10.8 Å². The molecular formula is C32H47N5O9S. The number of carbonyl (C=O) groups is 5. The summed E-state index contributed by atoms with van der Waals surface area (Å²) in [7, 11) is -3.46. The molecule has 1 heterocycles. The normalized spacial score (nSPS) is 23.0. The second-order valence-electron chi connectivity index (χ2n) is 13.2. The standard InChI is InChI=1S/C32H47N5O9S/c1-47(45,46)23-14-11-20(12-15-23)29(40)36-25(17-19-7-3-2-4-8-19)31(42)37-22-13-10-21(18-22)26(37)30(41)35-24(27(38)28(33)39)9-5-6-16-34-32(43)44/h11-12,14-15,19,21-22,24-27,34,38H,2-10,13,16-18H2,1H3,(H2,33,39)(H,35,41)(H,36,40)(H,43,44)/t21?,22?,24?,25?,26-,27?/m0/s1. The minimum atomic E-state index is -3.46. The van der Waals surface area contributed by atoms with Crippen LogP contribution in [-0.4, -0.2) is 96.3 Å². The Labute approximate surface area is 275 Å². The SMILES string of the molecule is CS(=O)(=O)c1ccc(C(=O)NC(CC2CCCCC2)C(=O)N2C3CCC(C3)[C@H]2C(=O)NC(CCCCNC(=O)O)C(O)C(N)=O)cc1. The summed E-state index contributed by atoms with van der Waals surface area (Å²) < 4.78 is 23.8. The largest absolute Gasteiger partial charge is 0.465 e. The van der Waals surface area contributed by atoms with Gasteiger partial charge in [0.1, 0.15) is 12.1 Å². The highest BCUT2D eigenvalue weighted by Gasteiger charge is 2.53. The van der Waals surface area contributed by atoms with E-state index in [2.05, 4.69) is 16.0 Å². The molecule has 0 radical (unpaired) electrons. The van der Waals surface area contributed by atoms with Crippen LogP contribution in [0.1, 0.15) is 87.4 Å². The molecule has 4 rings (SSSR count). The first-order valence-electron chi connectivity index (χ1n) is 16.4. The van der Waals surface area contributed by atoms with Gasteiger partial charge in [0.25, 0.3) is 5.91 Å². The molecule has 15 heteroatoms. The number of fused-ring (bicyclic) bond motifs is 2. The predicted octanol–water partition coefficient (Wildman–Crippen LogP) is 1.31. The van der Waals surface area contributed by atoms with Crippen molar-refractivity contribution in [3.8, 4) is 0 Å². The Balaban J connectivity index is 1.52. The monoisotopic (exact) mass is 677 g/mol. The average Bonchev–Trinajstić information content (AvgIpc) is 3.65. The van der Waals surface area contributed by atoms with Crippen LogP contribution in [0.3, 0.4) is 0 Å². The van der Waals surface area contributed by atoms with E-state index < -0.39 is 57.9 Å². The van der Waals surface area contributed by atoms with Crippen molar-refractivity contribution >= 4 is 39.6 Å². The Hall–Kier alpha value is -3.72. The fraction of sp³-hybridized carbons (Fsp3) is 0.656. The number of nitrogens with two attached hydrogens (primary N) is 1. The molecule has 3 aliphatic rings. The van der Waals surface area contributed by atoms with Gasteiger partial charge in [0.05, 0.1) is 10.9 Å². The lowest BCUT2D eigenvalue weighted by Crippen LogP contribution is -2.60. The first kappa shape index (κ1) is 36.1. The quantitative estimate of drug-likeness (QED) is 0.147. The predicted molar refractivity (Wildman–Crippen MR) is 171 cm³/mol. The van der Waals surface area contributed by atoms with Gasteiger partial charge in [-0.2, -0.15) is 0 Å². The third-order valence-corrected chi connectivity index (χ3v) is 10.9. The van der Waals surface area contributed by atoms with Crippen LogP contribution in [-0.2, 0) is 24.2 Å². The van der Waals surface area contributed by atoms with Crippen molar-refractivity contribution in [3.05, 3.63) is 29.8 Å². The number of hydrogen-bond acceptors (Lipinski definition) is 8. The number of primary amides is 1. The molecular weight excluding hydrogens is 630 g/mol. The molecule has 1 aromatic carbocycles. The molecule has 5 unspecified atom stereocenters. The Bertz CT molecular complexity index is 1410. The maximum Gasteiger partial charge on any atom is 0.404 e. The number of nitrogens with zero attached hydrogens (tertiary/aromatic N) is 1. The number of amides is 5. The van der Waals surface area contributed by atoms with E-state index in [0.29, 0.717) is 32.1 Å². The van der Waals surface area contributed by atoms with E-state index >= 15 is 0 Å². The van der Waals surface area contributed by atoms with Gasteiger partial charge in [-0.25, -0.2) is 13.2 Å². The fourth-order valence-corrected chi connectivity index (χ4v) is 7.99. The zero-order valence-corrected chi connectivity index (χ0v) is 27.5. The van der Waals surface area contributed by atoms with Gasteiger partial charge in [0.15, 0.2) is 15.9 Å². The summed E-state index contributed by atoms with van der Waals surface area (Å²) in [6.07, 6.45) is 6.65.